The van der Waals surface area contributed by atoms with E-state index in [1.807, 2.05) is 11.8 Å². The predicted octanol–water partition coefficient (Wildman–Crippen LogP) is 3.64. The second-order valence-corrected chi connectivity index (χ2v) is 8.46. The molecule has 0 saturated carbocycles. The van der Waals surface area contributed by atoms with Crippen molar-refractivity contribution in [3.05, 3.63) is 0 Å². The van der Waals surface area contributed by atoms with Crippen LogP contribution in [0.25, 0.3) is 0 Å². The molecule has 0 aromatic carbocycles. The summed E-state index contributed by atoms with van der Waals surface area (Å²) in [6.07, 6.45) is 4.20. The van der Waals surface area contributed by atoms with Gasteiger partial charge in [0.2, 0.25) is 0 Å². The summed E-state index contributed by atoms with van der Waals surface area (Å²) in [5.41, 5.74) is 0.0482. The van der Waals surface area contributed by atoms with Gasteiger partial charge in [0.25, 0.3) is 0 Å². The third-order valence-corrected chi connectivity index (χ3v) is 6.42. The Bertz CT molecular complexity index is 293. The maximum atomic E-state index is 12.3. The lowest BCUT2D eigenvalue weighted by atomic mass is 9.80. The van der Waals surface area contributed by atoms with Crippen molar-refractivity contribution >= 4 is 29.3 Å². The molecule has 1 atom stereocenters. The highest BCUT2D eigenvalue weighted by Crippen LogP contribution is 2.40. The standard InChI is InChI=1S/C15H26O2S2/c1-12(2)10-19-11-14(16)13-3-6-17-15(9-13)4-7-18-8-5-15/h12-13H,3-11H2,1-2H3. The molecule has 0 radical (unpaired) electrons. The highest BCUT2D eigenvalue weighted by atomic mass is 32.2. The van der Waals surface area contributed by atoms with Crippen molar-refractivity contribution in [3.8, 4) is 0 Å². The van der Waals surface area contributed by atoms with Crippen LogP contribution in [-0.4, -0.2) is 41.0 Å². The summed E-state index contributed by atoms with van der Waals surface area (Å²) in [6, 6.07) is 0. The van der Waals surface area contributed by atoms with Crippen LogP contribution in [0.4, 0.5) is 0 Å². The molecule has 19 heavy (non-hydrogen) atoms. The minimum atomic E-state index is 0.0482. The van der Waals surface area contributed by atoms with Crippen molar-refractivity contribution in [1.82, 2.24) is 0 Å². The van der Waals surface area contributed by atoms with Gasteiger partial charge in [-0.3, -0.25) is 4.79 Å². The lowest BCUT2D eigenvalue weighted by Crippen LogP contribution is -2.44. The third-order valence-electron chi connectivity index (χ3n) is 4.05. The van der Waals surface area contributed by atoms with Gasteiger partial charge in [-0.2, -0.15) is 23.5 Å². The van der Waals surface area contributed by atoms with Gasteiger partial charge in [-0.05, 0) is 48.9 Å². The van der Waals surface area contributed by atoms with Crippen LogP contribution in [0.15, 0.2) is 0 Å². The number of ketones is 1. The normalized spacial score (nSPS) is 26.8. The van der Waals surface area contributed by atoms with Crippen molar-refractivity contribution in [1.29, 1.82) is 0 Å². The predicted molar refractivity (Wildman–Crippen MR) is 85.1 cm³/mol. The molecule has 4 heteroatoms. The fourth-order valence-electron chi connectivity index (χ4n) is 2.91. The SMILES string of the molecule is CC(C)CSCC(=O)C1CCOC2(CCSCC2)C1. The topological polar surface area (TPSA) is 26.3 Å². The molecule has 0 bridgehead atoms. The molecule has 110 valence electrons. The van der Waals surface area contributed by atoms with Gasteiger partial charge in [0.15, 0.2) is 0 Å². The minimum Gasteiger partial charge on any atom is -0.375 e. The van der Waals surface area contributed by atoms with E-state index in [0.29, 0.717) is 17.5 Å². The van der Waals surface area contributed by atoms with Gasteiger partial charge in [-0.1, -0.05) is 13.8 Å². The Balaban J connectivity index is 1.81. The second-order valence-electron chi connectivity index (χ2n) is 6.21. The number of rotatable bonds is 5. The van der Waals surface area contributed by atoms with Crippen molar-refractivity contribution < 1.29 is 9.53 Å². The van der Waals surface area contributed by atoms with Crippen LogP contribution >= 0.6 is 23.5 Å². The Morgan fingerprint density at radius 2 is 2.16 bits per heavy atom. The molecule has 1 unspecified atom stereocenters. The molecule has 1 spiro atoms. The fourth-order valence-corrected chi connectivity index (χ4v) is 5.17. The average molecular weight is 303 g/mol. The minimum absolute atomic E-state index is 0.0482. The van der Waals surface area contributed by atoms with E-state index in [4.69, 9.17) is 4.74 Å². The summed E-state index contributed by atoms with van der Waals surface area (Å²) in [6.45, 7) is 5.21. The molecule has 0 aliphatic carbocycles. The van der Waals surface area contributed by atoms with Crippen molar-refractivity contribution in [2.24, 2.45) is 11.8 Å². The van der Waals surface area contributed by atoms with E-state index in [9.17, 15) is 4.79 Å². The lowest BCUT2D eigenvalue weighted by Gasteiger charge is -2.42. The van der Waals surface area contributed by atoms with Crippen LogP contribution in [0.1, 0.15) is 39.5 Å². The van der Waals surface area contributed by atoms with Gasteiger partial charge in [0.1, 0.15) is 5.78 Å². The number of hydrogen-bond acceptors (Lipinski definition) is 4. The molecule has 2 nitrogen and oxygen atoms in total. The lowest BCUT2D eigenvalue weighted by molar-refractivity contribution is -0.136. The second kappa shape index (κ2) is 7.37. The van der Waals surface area contributed by atoms with Crippen molar-refractivity contribution in [2.45, 2.75) is 45.1 Å². The van der Waals surface area contributed by atoms with Crippen molar-refractivity contribution in [3.63, 3.8) is 0 Å². The maximum absolute atomic E-state index is 12.3. The third kappa shape index (κ3) is 4.68. The molecule has 2 aliphatic rings. The summed E-state index contributed by atoms with van der Waals surface area (Å²) >= 11 is 3.82. The van der Waals surface area contributed by atoms with Crippen LogP contribution < -0.4 is 0 Å². The number of hydrogen-bond donors (Lipinski definition) is 0. The quantitative estimate of drug-likeness (QED) is 0.774. The molecule has 0 N–H and O–H groups in total. The van der Waals surface area contributed by atoms with Gasteiger partial charge >= 0.3 is 0 Å². The maximum Gasteiger partial charge on any atom is 0.146 e. The molecule has 0 aromatic rings. The zero-order chi connectivity index (χ0) is 13.7. The average Bonchev–Trinajstić information content (AvgIpc) is 2.39. The van der Waals surface area contributed by atoms with Crippen molar-refractivity contribution in [2.75, 3.05) is 29.6 Å². The zero-order valence-corrected chi connectivity index (χ0v) is 13.8. The van der Waals surface area contributed by atoms with E-state index in [-0.39, 0.29) is 11.5 Å². The molecular weight excluding hydrogens is 276 g/mol. The fraction of sp³-hybridized carbons (Fsp3) is 0.933. The van der Waals surface area contributed by atoms with E-state index in [1.165, 1.54) is 11.5 Å². The largest absolute Gasteiger partial charge is 0.375 e. The summed E-state index contributed by atoms with van der Waals surface area (Å²) < 4.78 is 6.06. The Kier molecular flexibility index (Phi) is 6.10. The van der Waals surface area contributed by atoms with Crippen LogP contribution in [-0.2, 0) is 9.53 Å². The zero-order valence-electron chi connectivity index (χ0n) is 12.2. The molecular formula is C15H26O2S2. The van der Waals surface area contributed by atoms with Gasteiger partial charge < -0.3 is 4.74 Å². The number of ether oxygens (including phenoxy) is 1. The summed E-state index contributed by atoms with van der Waals surface area (Å²) in [4.78, 5) is 12.3. The van der Waals surface area contributed by atoms with Gasteiger partial charge in [0, 0.05) is 12.5 Å². The van der Waals surface area contributed by atoms with E-state index in [1.54, 1.807) is 11.8 Å². The number of carbonyl (C=O) groups excluding carboxylic acids is 1. The first kappa shape index (κ1) is 15.7. The Hall–Kier alpha value is 0.330. The van der Waals surface area contributed by atoms with Gasteiger partial charge in [0.05, 0.1) is 11.4 Å². The molecule has 2 saturated heterocycles. The smallest absolute Gasteiger partial charge is 0.146 e. The number of thioether (sulfide) groups is 2. The van der Waals surface area contributed by atoms with E-state index in [0.717, 1.165) is 38.0 Å². The van der Waals surface area contributed by atoms with Gasteiger partial charge in [-0.25, -0.2) is 0 Å². The Labute approximate surface area is 125 Å². The highest BCUT2D eigenvalue weighted by molar-refractivity contribution is 8.00. The molecule has 0 aromatic heterocycles. The first-order chi connectivity index (χ1) is 9.11. The highest BCUT2D eigenvalue weighted by Gasteiger charge is 2.40. The number of carbonyl (C=O) groups is 1. The summed E-state index contributed by atoms with van der Waals surface area (Å²) in [5, 5.41) is 0. The first-order valence-electron chi connectivity index (χ1n) is 7.43. The first-order valence-corrected chi connectivity index (χ1v) is 9.74. The number of Topliss-reactive ketones (excluding diaryl/α,β-unsaturated/α-hetero) is 1. The van der Waals surface area contributed by atoms with Crippen LogP contribution in [0.3, 0.4) is 0 Å². The van der Waals surface area contributed by atoms with E-state index >= 15 is 0 Å². The van der Waals surface area contributed by atoms with Gasteiger partial charge in [-0.15, -0.1) is 0 Å². The van der Waals surface area contributed by atoms with Crippen LogP contribution in [0.5, 0.6) is 0 Å². The molecule has 2 aliphatic heterocycles. The molecule has 0 amide bonds. The Morgan fingerprint density at radius 3 is 2.84 bits per heavy atom. The van der Waals surface area contributed by atoms with E-state index in [2.05, 4.69) is 13.8 Å². The Morgan fingerprint density at radius 1 is 1.42 bits per heavy atom. The van der Waals surface area contributed by atoms with Crippen LogP contribution in [0, 0.1) is 11.8 Å². The van der Waals surface area contributed by atoms with Crippen LogP contribution in [0.2, 0.25) is 0 Å². The summed E-state index contributed by atoms with van der Waals surface area (Å²) in [5.74, 6) is 5.59. The molecule has 2 heterocycles. The summed E-state index contributed by atoms with van der Waals surface area (Å²) in [7, 11) is 0. The molecule has 2 fully saturated rings. The molecule has 2 rings (SSSR count). The monoisotopic (exact) mass is 302 g/mol. The van der Waals surface area contributed by atoms with E-state index < -0.39 is 0 Å².